The first-order valence-electron chi connectivity index (χ1n) is 7.53. The van der Waals surface area contributed by atoms with Gasteiger partial charge in [-0.3, -0.25) is 4.79 Å². The predicted octanol–water partition coefficient (Wildman–Crippen LogP) is 3.75. The highest BCUT2D eigenvalue weighted by Gasteiger charge is 2.20. The minimum atomic E-state index is -0.0853. The molecule has 0 spiro atoms. The predicted molar refractivity (Wildman–Crippen MR) is 89.9 cm³/mol. The molecule has 0 atom stereocenters. The van der Waals surface area contributed by atoms with E-state index in [4.69, 9.17) is 17.3 Å². The second kappa shape index (κ2) is 6.56. The molecule has 3 N–H and O–H groups in total. The van der Waals surface area contributed by atoms with Crippen LogP contribution in [0.25, 0.3) is 0 Å². The van der Waals surface area contributed by atoms with Crippen LogP contribution in [0.5, 0.6) is 0 Å². The van der Waals surface area contributed by atoms with Gasteiger partial charge in [-0.1, -0.05) is 32.4 Å². The molecule has 0 radical (unpaired) electrons. The average Bonchev–Trinajstić information content (AvgIpc) is 2.42. The summed E-state index contributed by atoms with van der Waals surface area (Å²) in [6, 6.07) is 3.62. The Hall–Kier alpha value is -1.42. The molecule has 0 unspecified atom stereocenters. The number of nitrogens with two attached hydrogens (primary N) is 1. The van der Waals surface area contributed by atoms with E-state index >= 15 is 0 Å². The van der Waals surface area contributed by atoms with Gasteiger partial charge in [0, 0.05) is 19.0 Å². The summed E-state index contributed by atoms with van der Waals surface area (Å²) in [5.41, 5.74) is 8.37. The molecule has 4 nitrogen and oxygen atoms in total. The maximum atomic E-state index is 11.9. The first-order valence-corrected chi connectivity index (χ1v) is 7.91. The van der Waals surface area contributed by atoms with Crippen LogP contribution in [0.3, 0.4) is 0 Å². The van der Waals surface area contributed by atoms with Crippen LogP contribution in [0, 0.1) is 11.8 Å². The van der Waals surface area contributed by atoms with Crippen molar-refractivity contribution in [2.24, 2.45) is 11.8 Å². The van der Waals surface area contributed by atoms with E-state index in [1.54, 1.807) is 6.07 Å². The Balaban J connectivity index is 2.24. The molecular weight excluding hydrogens is 286 g/mol. The van der Waals surface area contributed by atoms with Crippen LogP contribution >= 0.6 is 11.6 Å². The van der Waals surface area contributed by atoms with Crippen LogP contribution in [0.15, 0.2) is 12.1 Å². The van der Waals surface area contributed by atoms with Gasteiger partial charge in [-0.25, -0.2) is 0 Å². The molecule has 1 aromatic carbocycles. The molecule has 0 saturated carbocycles. The number of anilines is 3. The normalized spacial score (nSPS) is 16.3. The summed E-state index contributed by atoms with van der Waals surface area (Å²) in [4.78, 5) is 14.1. The van der Waals surface area contributed by atoms with E-state index in [1.165, 1.54) is 0 Å². The maximum absolute atomic E-state index is 11.9. The van der Waals surface area contributed by atoms with Crippen LogP contribution in [0.1, 0.15) is 33.6 Å². The molecule has 0 bridgehead atoms. The highest BCUT2D eigenvalue weighted by atomic mass is 35.5. The quantitative estimate of drug-likeness (QED) is 0.836. The molecule has 0 aliphatic carbocycles. The summed E-state index contributed by atoms with van der Waals surface area (Å²) in [6.45, 7) is 7.97. The van der Waals surface area contributed by atoms with Crippen LogP contribution in [0.4, 0.5) is 17.1 Å². The number of hydrogen-bond donors (Lipinski definition) is 2. The number of nitrogen functional groups attached to an aromatic ring is 1. The van der Waals surface area contributed by atoms with E-state index in [0.29, 0.717) is 16.4 Å². The molecule has 1 saturated heterocycles. The zero-order valence-electron chi connectivity index (χ0n) is 12.9. The molecule has 1 aromatic rings. The number of nitrogens with one attached hydrogen (secondary N) is 1. The number of benzene rings is 1. The first kappa shape index (κ1) is 16.0. The SMILES string of the molecule is CC1CCN(c2cc(NC(=O)C(C)C)c(Cl)cc2N)CC1. The zero-order chi connectivity index (χ0) is 15.6. The Morgan fingerprint density at radius 2 is 2.00 bits per heavy atom. The zero-order valence-corrected chi connectivity index (χ0v) is 13.7. The fraction of sp³-hybridized carbons (Fsp3) is 0.562. The van der Waals surface area contributed by atoms with Gasteiger partial charge in [-0.05, 0) is 30.9 Å². The number of carbonyl (C=O) groups excluding carboxylic acids is 1. The Morgan fingerprint density at radius 3 is 2.57 bits per heavy atom. The summed E-state index contributed by atoms with van der Waals surface area (Å²) in [6.07, 6.45) is 2.32. The van der Waals surface area contributed by atoms with Crippen molar-refractivity contribution < 1.29 is 4.79 Å². The lowest BCUT2D eigenvalue weighted by molar-refractivity contribution is -0.118. The molecule has 5 heteroatoms. The number of hydrogen-bond acceptors (Lipinski definition) is 3. The summed E-state index contributed by atoms with van der Waals surface area (Å²) < 4.78 is 0. The summed E-state index contributed by atoms with van der Waals surface area (Å²) in [5, 5.41) is 3.35. The van der Waals surface area contributed by atoms with E-state index in [-0.39, 0.29) is 11.8 Å². The number of carbonyl (C=O) groups is 1. The van der Waals surface area contributed by atoms with Gasteiger partial charge < -0.3 is 16.0 Å². The average molecular weight is 310 g/mol. The van der Waals surface area contributed by atoms with E-state index in [9.17, 15) is 4.79 Å². The lowest BCUT2D eigenvalue weighted by atomic mass is 9.98. The maximum Gasteiger partial charge on any atom is 0.226 e. The molecule has 0 aromatic heterocycles. The molecule has 1 aliphatic rings. The van der Waals surface area contributed by atoms with Gasteiger partial charge in [0.1, 0.15) is 0 Å². The Labute approximate surface area is 131 Å². The van der Waals surface area contributed by atoms with E-state index in [2.05, 4.69) is 17.1 Å². The van der Waals surface area contributed by atoms with Crippen molar-refractivity contribution in [3.05, 3.63) is 17.2 Å². The summed E-state index contributed by atoms with van der Waals surface area (Å²) >= 11 is 6.20. The van der Waals surface area contributed by atoms with Crippen molar-refractivity contribution in [3.8, 4) is 0 Å². The Bertz CT molecular complexity index is 522. The van der Waals surface area contributed by atoms with Crippen molar-refractivity contribution >= 4 is 34.6 Å². The highest BCUT2D eigenvalue weighted by Crippen LogP contribution is 2.35. The van der Waals surface area contributed by atoms with Gasteiger partial charge in [-0.2, -0.15) is 0 Å². The minimum absolute atomic E-state index is 0.0418. The fourth-order valence-corrected chi connectivity index (χ4v) is 2.69. The molecule has 1 fully saturated rings. The smallest absolute Gasteiger partial charge is 0.226 e. The second-order valence-corrected chi connectivity index (χ2v) is 6.61. The fourth-order valence-electron chi connectivity index (χ4n) is 2.47. The summed E-state index contributed by atoms with van der Waals surface area (Å²) in [7, 11) is 0. The number of nitrogens with zero attached hydrogens (tertiary/aromatic N) is 1. The molecule has 1 heterocycles. The monoisotopic (exact) mass is 309 g/mol. The number of piperidine rings is 1. The second-order valence-electron chi connectivity index (χ2n) is 6.20. The van der Waals surface area contributed by atoms with Gasteiger partial charge in [0.15, 0.2) is 0 Å². The molecule has 1 amide bonds. The third-order valence-electron chi connectivity index (χ3n) is 4.02. The number of amides is 1. The van der Waals surface area contributed by atoms with Crippen molar-refractivity contribution in [1.82, 2.24) is 0 Å². The van der Waals surface area contributed by atoms with E-state index in [0.717, 1.165) is 37.5 Å². The lowest BCUT2D eigenvalue weighted by Gasteiger charge is -2.33. The van der Waals surface area contributed by atoms with Crippen molar-refractivity contribution in [2.75, 3.05) is 29.0 Å². The van der Waals surface area contributed by atoms with Crippen LogP contribution < -0.4 is 16.0 Å². The van der Waals surface area contributed by atoms with E-state index in [1.807, 2.05) is 19.9 Å². The molecule has 116 valence electrons. The standard InChI is InChI=1S/C16H24ClN3O/c1-10(2)16(21)19-14-9-15(13(18)8-12(14)17)20-6-4-11(3)5-7-20/h8-11H,4-7,18H2,1-3H3,(H,19,21). The van der Waals surface area contributed by atoms with Crippen molar-refractivity contribution in [3.63, 3.8) is 0 Å². The lowest BCUT2D eigenvalue weighted by Crippen LogP contribution is -2.33. The molecular formula is C16H24ClN3O. The number of halogens is 1. The van der Waals surface area contributed by atoms with Crippen molar-refractivity contribution in [2.45, 2.75) is 33.6 Å². The van der Waals surface area contributed by atoms with Gasteiger partial charge in [0.25, 0.3) is 0 Å². The van der Waals surface area contributed by atoms with Crippen molar-refractivity contribution in [1.29, 1.82) is 0 Å². The Morgan fingerprint density at radius 1 is 1.38 bits per heavy atom. The topological polar surface area (TPSA) is 58.4 Å². The Kier molecular flexibility index (Phi) is 4.99. The first-order chi connectivity index (χ1) is 9.88. The highest BCUT2D eigenvalue weighted by molar-refractivity contribution is 6.34. The molecule has 21 heavy (non-hydrogen) atoms. The molecule has 1 aliphatic heterocycles. The minimum Gasteiger partial charge on any atom is -0.397 e. The van der Waals surface area contributed by atoms with Crippen LogP contribution in [-0.2, 0) is 4.79 Å². The summed E-state index contributed by atoms with van der Waals surface area (Å²) in [5.74, 6) is 0.632. The van der Waals surface area contributed by atoms with E-state index < -0.39 is 0 Å². The van der Waals surface area contributed by atoms with Crippen LogP contribution in [-0.4, -0.2) is 19.0 Å². The molecule has 2 rings (SSSR count). The third kappa shape index (κ3) is 3.82. The van der Waals surface area contributed by atoms with Crippen LogP contribution in [0.2, 0.25) is 5.02 Å². The van der Waals surface area contributed by atoms with Gasteiger partial charge in [0.05, 0.1) is 22.1 Å². The van der Waals surface area contributed by atoms with Gasteiger partial charge in [-0.15, -0.1) is 0 Å². The number of rotatable bonds is 3. The largest absolute Gasteiger partial charge is 0.397 e. The van der Waals surface area contributed by atoms with Gasteiger partial charge >= 0.3 is 0 Å². The van der Waals surface area contributed by atoms with Gasteiger partial charge in [0.2, 0.25) is 5.91 Å². The third-order valence-corrected chi connectivity index (χ3v) is 4.34.